The van der Waals surface area contributed by atoms with E-state index in [4.69, 9.17) is 0 Å². The van der Waals surface area contributed by atoms with Gasteiger partial charge in [-0.2, -0.15) is 4.98 Å². The Kier molecular flexibility index (Phi) is 6.09. The van der Waals surface area contributed by atoms with E-state index in [9.17, 15) is 4.79 Å². The minimum absolute atomic E-state index is 0.164. The van der Waals surface area contributed by atoms with Gasteiger partial charge in [0.1, 0.15) is 5.82 Å². The normalized spacial score (nSPS) is 14.2. The zero-order valence-electron chi connectivity index (χ0n) is 16.3. The highest BCUT2D eigenvalue weighted by Crippen LogP contribution is 2.20. The van der Waals surface area contributed by atoms with E-state index in [2.05, 4.69) is 47.7 Å². The average Bonchev–Trinajstić information content (AvgIpc) is 3.35. The van der Waals surface area contributed by atoms with Gasteiger partial charge in [0, 0.05) is 13.1 Å². The minimum Gasteiger partial charge on any atom is -0.340 e. The maximum atomic E-state index is 12.4. The number of aryl methyl sites for hydroxylation is 1. The summed E-state index contributed by atoms with van der Waals surface area (Å²) < 4.78 is 2.01. The number of nitrogens with one attached hydrogen (secondary N) is 2. The van der Waals surface area contributed by atoms with Crippen molar-refractivity contribution in [3.8, 4) is 0 Å². The van der Waals surface area contributed by atoms with Crippen molar-refractivity contribution in [2.24, 2.45) is 0 Å². The molecule has 3 heterocycles. The van der Waals surface area contributed by atoms with Crippen molar-refractivity contribution in [2.45, 2.75) is 37.9 Å². The van der Waals surface area contributed by atoms with Gasteiger partial charge in [0.15, 0.2) is 5.16 Å². The molecule has 4 rings (SSSR count). The highest BCUT2D eigenvalue weighted by molar-refractivity contribution is 7.99. The van der Waals surface area contributed by atoms with Crippen LogP contribution in [0.2, 0.25) is 0 Å². The third kappa shape index (κ3) is 4.94. The van der Waals surface area contributed by atoms with Crippen LogP contribution in [0.4, 0.5) is 11.9 Å². The summed E-state index contributed by atoms with van der Waals surface area (Å²) in [6, 6.07) is 10.1. The van der Waals surface area contributed by atoms with Crippen molar-refractivity contribution in [3.05, 3.63) is 41.7 Å². The number of piperidine rings is 1. The molecule has 1 saturated heterocycles. The second-order valence-corrected chi connectivity index (χ2v) is 7.91. The number of benzene rings is 1. The van der Waals surface area contributed by atoms with Crippen LogP contribution in [0.15, 0.2) is 35.5 Å². The Morgan fingerprint density at radius 2 is 1.97 bits per heavy atom. The van der Waals surface area contributed by atoms with Crippen LogP contribution in [0.1, 0.15) is 30.7 Å². The monoisotopic (exact) mass is 412 g/mol. The van der Waals surface area contributed by atoms with E-state index in [1.165, 1.54) is 18.2 Å². The fourth-order valence-electron chi connectivity index (χ4n) is 3.26. The Morgan fingerprint density at radius 3 is 2.76 bits per heavy atom. The summed E-state index contributed by atoms with van der Waals surface area (Å²) in [5.41, 5.74) is 1.16. The number of hydrogen-bond acceptors (Lipinski definition) is 7. The lowest BCUT2D eigenvalue weighted by Gasteiger charge is -2.24. The molecule has 29 heavy (non-hydrogen) atoms. The second-order valence-electron chi connectivity index (χ2n) is 6.97. The highest BCUT2D eigenvalue weighted by atomic mass is 32.2. The van der Waals surface area contributed by atoms with E-state index >= 15 is 0 Å². The number of aromatic amines is 1. The summed E-state index contributed by atoms with van der Waals surface area (Å²) in [4.78, 5) is 18.9. The van der Waals surface area contributed by atoms with Gasteiger partial charge >= 0.3 is 0 Å². The Labute approximate surface area is 173 Å². The predicted octanol–water partition coefficient (Wildman–Crippen LogP) is 2.47. The number of H-pyrrole nitrogens is 1. The van der Waals surface area contributed by atoms with Crippen LogP contribution in [-0.2, 0) is 11.3 Å². The lowest BCUT2D eigenvalue weighted by atomic mass is 10.1. The van der Waals surface area contributed by atoms with Crippen molar-refractivity contribution < 1.29 is 4.79 Å². The predicted molar refractivity (Wildman–Crippen MR) is 112 cm³/mol. The summed E-state index contributed by atoms with van der Waals surface area (Å²) in [6.07, 6.45) is 3.54. The molecule has 2 aromatic heterocycles. The molecule has 1 aliphatic heterocycles. The van der Waals surface area contributed by atoms with E-state index in [-0.39, 0.29) is 11.7 Å². The van der Waals surface area contributed by atoms with Gasteiger partial charge in [-0.1, -0.05) is 42.1 Å². The first-order chi connectivity index (χ1) is 14.2. The fraction of sp³-hybridized carbons (Fsp3) is 0.421. The first-order valence-electron chi connectivity index (χ1n) is 9.73. The zero-order chi connectivity index (χ0) is 20.1. The van der Waals surface area contributed by atoms with E-state index < -0.39 is 0 Å². The first kappa shape index (κ1) is 19.4. The van der Waals surface area contributed by atoms with E-state index in [1.807, 2.05) is 29.7 Å². The number of rotatable bonds is 7. The third-order valence-electron chi connectivity index (χ3n) is 4.79. The Hall–Kier alpha value is -2.88. The smallest absolute Gasteiger partial charge is 0.246 e. The van der Waals surface area contributed by atoms with E-state index in [1.54, 1.807) is 0 Å². The van der Waals surface area contributed by atoms with E-state index in [0.29, 0.717) is 23.6 Å². The molecule has 0 spiro atoms. The SMILES string of the molecule is Cc1nnc(SCC(=O)Nc2nc(N3CCCCC3)n[nH]2)n1Cc1ccccc1. The van der Waals surface area contributed by atoms with Crippen LogP contribution >= 0.6 is 11.8 Å². The van der Waals surface area contributed by atoms with Gasteiger partial charge < -0.3 is 9.47 Å². The second kappa shape index (κ2) is 9.08. The Bertz CT molecular complexity index is 948. The third-order valence-corrected chi connectivity index (χ3v) is 5.75. The number of carbonyl (C=O) groups excluding carboxylic acids is 1. The van der Waals surface area contributed by atoms with Crippen molar-refractivity contribution >= 4 is 29.6 Å². The summed E-state index contributed by atoms with van der Waals surface area (Å²) in [7, 11) is 0. The van der Waals surface area contributed by atoms with Crippen molar-refractivity contribution in [2.75, 3.05) is 29.1 Å². The molecular formula is C19H24N8OS. The van der Waals surface area contributed by atoms with Crippen molar-refractivity contribution in [1.29, 1.82) is 0 Å². The summed E-state index contributed by atoms with van der Waals surface area (Å²) in [5.74, 6) is 1.89. The number of aromatic nitrogens is 6. The molecule has 1 aliphatic rings. The molecule has 10 heteroatoms. The molecule has 1 amide bonds. The molecule has 0 saturated carbocycles. The standard InChI is InChI=1S/C19H24N8OS/c1-14-22-25-19(27(14)12-15-8-4-2-5-9-15)29-13-16(28)20-17-21-18(24-23-17)26-10-6-3-7-11-26/h2,4-5,8-9H,3,6-7,10-13H2,1H3,(H2,20,21,23,24,28). The van der Waals surface area contributed by atoms with Crippen molar-refractivity contribution in [3.63, 3.8) is 0 Å². The highest BCUT2D eigenvalue weighted by Gasteiger charge is 2.17. The fourth-order valence-corrected chi connectivity index (χ4v) is 4.04. The van der Waals surface area contributed by atoms with Gasteiger partial charge in [-0.25, -0.2) is 5.10 Å². The molecule has 9 nitrogen and oxygen atoms in total. The molecule has 0 aliphatic carbocycles. The number of thioether (sulfide) groups is 1. The maximum absolute atomic E-state index is 12.4. The number of anilines is 2. The number of hydrogen-bond donors (Lipinski definition) is 2. The number of carbonyl (C=O) groups is 1. The van der Waals surface area contributed by atoms with Crippen LogP contribution in [0.25, 0.3) is 0 Å². The molecule has 0 atom stereocenters. The topological polar surface area (TPSA) is 105 Å². The van der Waals surface area contributed by atoms with Gasteiger partial charge in [0.25, 0.3) is 0 Å². The van der Waals surface area contributed by atoms with E-state index in [0.717, 1.165) is 37.3 Å². The molecule has 152 valence electrons. The van der Waals surface area contributed by atoms with Gasteiger partial charge in [-0.05, 0) is 31.7 Å². The molecule has 0 unspecified atom stereocenters. The number of nitrogens with zero attached hydrogens (tertiary/aromatic N) is 6. The maximum Gasteiger partial charge on any atom is 0.246 e. The Balaban J connectivity index is 1.33. The molecule has 3 aromatic rings. The largest absolute Gasteiger partial charge is 0.340 e. The molecule has 1 fully saturated rings. The molecule has 0 bridgehead atoms. The molecule has 2 N–H and O–H groups in total. The summed E-state index contributed by atoms with van der Waals surface area (Å²) in [5, 5.41) is 18.9. The van der Waals surface area contributed by atoms with Crippen LogP contribution in [-0.4, -0.2) is 54.7 Å². The van der Waals surface area contributed by atoms with Crippen molar-refractivity contribution in [1.82, 2.24) is 29.9 Å². The molecular weight excluding hydrogens is 388 g/mol. The van der Waals surface area contributed by atoms with Gasteiger partial charge in [0.2, 0.25) is 17.8 Å². The van der Waals surface area contributed by atoms with Crippen LogP contribution in [0.3, 0.4) is 0 Å². The summed E-state index contributed by atoms with van der Waals surface area (Å²) in [6.45, 7) is 4.50. The lowest BCUT2D eigenvalue weighted by Crippen LogP contribution is -2.30. The Morgan fingerprint density at radius 1 is 1.17 bits per heavy atom. The molecule has 1 aromatic carbocycles. The van der Waals surface area contributed by atoms with Crippen LogP contribution < -0.4 is 10.2 Å². The quantitative estimate of drug-likeness (QED) is 0.574. The van der Waals surface area contributed by atoms with Gasteiger partial charge in [-0.15, -0.1) is 15.3 Å². The molecule has 0 radical (unpaired) electrons. The van der Waals surface area contributed by atoms with Gasteiger partial charge in [0.05, 0.1) is 12.3 Å². The first-order valence-corrected chi connectivity index (χ1v) is 10.7. The number of amides is 1. The average molecular weight is 413 g/mol. The van der Waals surface area contributed by atoms with Crippen LogP contribution in [0, 0.1) is 6.92 Å². The lowest BCUT2D eigenvalue weighted by molar-refractivity contribution is -0.113. The summed E-state index contributed by atoms with van der Waals surface area (Å²) >= 11 is 1.35. The minimum atomic E-state index is -0.164. The van der Waals surface area contributed by atoms with Crippen LogP contribution in [0.5, 0.6) is 0 Å². The van der Waals surface area contributed by atoms with Gasteiger partial charge in [-0.3, -0.25) is 10.1 Å². The zero-order valence-corrected chi connectivity index (χ0v) is 17.2.